The minimum Gasteiger partial charge on any atom is -0.381 e. The van der Waals surface area contributed by atoms with Crippen molar-refractivity contribution in [2.45, 2.75) is 55.1 Å². The molecule has 1 atom stereocenters. The molecule has 0 aromatic heterocycles. The third kappa shape index (κ3) is 4.39. The molecule has 2 aliphatic rings. The number of sulfone groups is 1. The minimum absolute atomic E-state index is 0.0896. The van der Waals surface area contributed by atoms with E-state index in [0.29, 0.717) is 10.8 Å². The van der Waals surface area contributed by atoms with E-state index in [1.54, 1.807) is 24.3 Å². The summed E-state index contributed by atoms with van der Waals surface area (Å²) in [6.45, 7) is 3.36. The molecule has 1 unspecified atom stereocenters. The first-order chi connectivity index (χ1) is 12.0. The summed E-state index contributed by atoms with van der Waals surface area (Å²) in [6.07, 6.45) is 7.67. The van der Waals surface area contributed by atoms with Crippen LogP contribution >= 0.6 is 0 Å². The molecule has 0 bridgehead atoms. The van der Waals surface area contributed by atoms with Crippen LogP contribution in [0.25, 0.3) is 0 Å². The monoisotopic (exact) mass is 362 g/mol. The maximum atomic E-state index is 12.6. The van der Waals surface area contributed by atoms with E-state index in [9.17, 15) is 13.2 Å². The van der Waals surface area contributed by atoms with E-state index in [-0.39, 0.29) is 17.0 Å². The molecule has 1 aromatic carbocycles. The molecule has 136 valence electrons. The van der Waals surface area contributed by atoms with Crippen molar-refractivity contribution < 1.29 is 17.9 Å². The number of carbonyl (C=O) groups excluding carboxylic acids is 1. The van der Waals surface area contributed by atoms with Crippen LogP contribution in [0.4, 0.5) is 0 Å². The largest absolute Gasteiger partial charge is 0.381 e. The number of hydrogen-bond donors (Lipinski definition) is 0. The zero-order chi connectivity index (χ0) is 17.9. The summed E-state index contributed by atoms with van der Waals surface area (Å²) in [5.41, 5.74) is 0.907. The van der Waals surface area contributed by atoms with Gasteiger partial charge in [0.15, 0.2) is 15.6 Å². The van der Waals surface area contributed by atoms with Gasteiger partial charge in [-0.2, -0.15) is 0 Å². The number of hydrogen-bond acceptors (Lipinski definition) is 4. The zero-order valence-electron chi connectivity index (χ0n) is 14.7. The highest BCUT2D eigenvalue weighted by Gasteiger charge is 2.37. The van der Waals surface area contributed by atoms with E-state index < -0.39 is 9.84 Å². The molecule has 4 nitrogen and oxygen atoms in total. The summed E-state index contributed by atoms with van der Waals surface area (Å²) in [5.74, 6) is 0.353. The fourth-order valence-corrected chi connectivity index (χ4v) is 5.13. The van der Waals surface area contributed by atoms with Gasteiger partial charge in [-0.1, -0.05) is 18.2 Å². The summed E-state index contributed by atoms with van der Waals surface area (Å²) in [5, 5.41) is -0.207. The first-order valence-corrected chi connectivity index (χ1v) is 10.6. The predicted octanol–water partition coefficient (Wildman–Crippen LogP) is 3.67. The lowest BCUT2D eigenvalue weighted by Crippen LogP contribution is -2.21. The van der Waals surface area contributed by atoms with Gasteiger partial charge in [0.1, 0.15) is 0 Å². The fraction of sp³-hybridized carbons (Fsp3) is 0.550. The summed E-state index contributed by atoms with van der Waals surface area (Å²) in [7, 11) is -3.18. The third-order valence-corrected chi connectivity index (χ3v) is 7.44. The van der Waals surface area contributed by atoms with Gasteiger partial charge in [-0.05, 0) is 68.7 Å². The summed E-state index contributed by atoms with van der Waals surface area (Å²) in [6, 6.07) is 6.98. The third-order valence-electron chi connectivity index (χ3n) is 5.16. The summed E-state index contributed by atoms with van der Waals surface area (Å²) in [4.78, 5) is 13.0. The lowest BCUT2D eigenvalue weighted by Gasteiger charge is -2.26. The predicted molar refractivity (Wildman–Crippen MR) is 97.4 cm³/mol. The molecule has 0 spiro atoms. The van der Waals surface area contributed by atoms with Gasteiger partial charge in [-0.3, -0.25) is 4.79 Å². The number of allylic oxidation sites excluding steroid dienone is 2. The van der Waals surface area contributed by atoms with Gasteiger partial charge in [0, 0.05) is 19.1 Å². The van der Waals surface area contributed by atoms with Crippen molar-refractivity contribution in [3.8, 4) is 0 Å². The topological polar surface area (TPSA) is 60.4 Å². The molecule has 25 heavy (non-hydrogen) atoms. The van der Waals surface area contributed by atoms with Crippen molar-refractivity contribution in [3.05, 3.63) is 42.0 Å². The Morgan fingerprint density at radius 2 is 1.80 bits per heavy atom. The average molecular weight is 362 g/mol. The Morgan fingerprint density at radius 1 is 1.16 bits per heavy atom. The Bertz CT molecular complexity index is 723. The van der Waals surface area contributed by atoms with Crippen LogP contribution in [0.5, 0.6) is 0 Å². The number of carbonyl (C=O) groups is 1. The molecule has 1 aliphatic carbocycles. The van der Waals surface area contributed by atoms with E-state index >= 15 is 0 Å². The molecule has 1 aliphatic heterocycles. The van der Waals surface area contributed by atoms with Gasteiger partial charge >= 0.3 is 0 Å². The molecular formula is C20H26O4S. The molecule has 0 N–H and O–H groups in total. The van der Waals surface area contributed by atoms with E-state index in [0.717, 1.165) is 50.9 Å². The summed E-state index contributed by atoms with van der Waals surface area (Å²) >= 11 is 0. The van der Waals surface area contributed by atoms with E-state index in [1.807, 2.05) is 19.1 Å². The molecule has 5 heteroatoms. The molecule has 1 saturated carbocycles. The normalized spacial score (nSPS) is 20.7. The maximum absolute atomic E-state index is 12.6. The number of ether oxygens (including phenoxy) is 1. The van der Waals surface area contributed by atoms with Crippen molar-refractivity contribution in [1.82, 2.24) is 0 Å². The molecular weight excluding hydrogens is 336 g/mol. The second-order valence-corrected chi connectivity index (χ2v) is 9.29. The zero-order valence-corrected chi connectivity index (χ0v) is 15.5. The number of ketones is 1. The Labute approximate surface area is 150 Å². The van der Waals surface area contributed by atoms with Crippen molar-refractivity contribution in [3.63, 3.8) is 0 Å². The number of benzene rings is 1. The van der Waals surface area contributed by atoms with Crippen LogP contribution in [0.1, 0.15) is 50.5 Å². The van der Waals surface area contributed by atoms with Crippen molar-refractivity contribution in [2.75, 3.05) is 13.2 Å². The van der Waals surface area contributed by atoms with Crippen LogP contribution in [0.15, 0.2) is 41.3 Å². The van der Waals surface area contributed by atoms with Gasteiger partial charge in [0.25, 0.3) is 0 Å². The molecule has 3 rings (SSSR count). The fourth-order valence-electron chi connectivity index (χ4n) is 3.47. The highest BCUT2D eigenvalue weighted by molar-refractivity contribution is 7.92. The van der Waals surface area contributed by atoms with Crippen LogP contribution in [-0.4, -0.2) is 32.7 Å². The van der Waals surface area contributed by atoms with Crippen LogP contribution in [0.2, 0.25) is 0 Å². The van der Waals surface area contributed by atoms with Crippen molar-refractivity contribution in [2.24, 2.45) is 5.92 Å². The standard InChI is InChI=1S/C20H26O4S/c1-2-3-20(21)19(14-15-10-12-24-13-11-15)16-4-6-17(7-5-16)25(22,23)18-8-9-18/h2-7,15,18-19H,8-14H2,1H3. The van der Waals surface area contributed by atoms with Gasteiger partial charge in [-0.15, -0.1) is 0 Å². The summed E-state index contributed by atoms with van der Waals surface area (Å²) < 4.78 is 30.1. The second kappa shape index (κ2) is 7.83. The lowest BCUT2D eigenvalue weighted by atomic mass is 9.82. The van der Waals surface area contributed by atoms with Gasteiger partial charge < -0.3 is 4.74 Å². The molecule has 1 heterocycles. The molecule has 1 aromatic rings. The maximum Gasteiger partial charge on any atom is 0.181 e. The molecule has 2 fully saturated rings. The first kappa shape index (κ1) is 18.3. The number of rotatable bonds is 7. The molecule has 1 saturated heterocycles. The average Bonchev–Trinajstić information content (AvgIpc) is 3.46. The first-order valence-electron chi connectivity index (χ1n) is 9.10. The van der Waals surface area contributed by atoms with Gasteiger partial charge in [-0.25, -0.2) is 8.42 Å². The molecule has 0 radical (unpaired) electrons. The highest BCUT2D eigenvalue weighted by atomic mass is 32.2. The quantitative estimate of drug-likeness (QED) is 0.695. The van der Waals surface area contributed by atoms with Crippen LogP contribution < -0.4 is 0 Å². The van der Waals surface area contributed by atoms with Crippen LogP contribution in [0.3, 0.4) is 0 Å². The lowest BCUT2D eigenvalue weighted by molar-refractivity contribution is -0.116. The van der Waals surface area contributed by atoms with E-state index in [2.05, 4.69) is 0 Å². The Kier molecular flexibility index (Phi) is 5.74. The van der Waals surface area contributed by atoms with E-state index in [1.165, 1.54) is 0 Å². The van der Waals surface area contributed by atoms with Crippen molar-refractivity contribution >= 4 is 15.6 Å². The highest BCUT2D eigenvalue weighted by Crippen LogP contribution is 2.35. The van der Waals surface area contributed by atoms with E-state index in [4.69, 9.17) is 4.74 Å². The SMILES string of the molecule is CC=CC(=O)C(CC1CCOCC1)c1ccc(S(=O)(=O)C2CC2)cc1. The Morgan fingerprint density at radius 3 is 2.36 bits per heavy atom. The van der Waals surface area contributed by atoms with Gasteiger partial charge in [0.2, 0.25) is 0 Å². The van der Waals surface area contributed by atoms with Crippen molar-refractivity contribution in [1.29, 1.82) is 0 Å². The minimum atomic E-state index is -3.18. The van der Waals surface area contributed by atoms with Crippen LogP contribution in [0, 0.1) is 5.92 Å². The Hall–Kier alpha value is -1.46. The Balaban J connectivity index is 1.80. The van der Waals surface area contributed by atoms with Crippen LogP contribution in [-0.2, 0) is 19.4 Å². The molecule has 0 amide bonds. The second-order valence-electron chi connectivity index (χ2n) is 7.06. The smallest absolute Gasteiger partial charge is 0.181 e. The van der Waals surface area contributed by atoms with Gasteiger partial charge in [0.05, 0.1) is 10.1 Å².